The lowest BCUT2D eigenvalue weighted by Gasteiger charge is -2.44. The molecule has 50 heavy (non-hydrogen) atoms. The van der Waals surface area contributed by atoms with Crippen molar-refractivity contribution in [3.8, 4) is 0 Å². The quantitative estimate of drug-likeness (QED) is 0.0620. The van der Waals surface area contributed by atoms with E-state index in [9.17, 15) is 19.2 Å². The molecule has 4 aromatic rings. The minimum Gasteiger partial charge on any atom is -0.459 e. The predicted molar refractivity (Wildman–Crippen MR) is 181 cm³/mol. The van der Waals surface area contributed by atoms with Gasteiger partial charge in [-0.25, -0.2) is 19.2 Å². The van der Waals surface area contributed by atoms with Gasteiger partial charge in [-0.15, -0.1) is 0 Å². The summed E-state index contributed by atoms with van der Waals surface area (Å²) in [7, 11) is 0. The standard InChI is InChI=1S/C36H28Cl3NO10/c37-36(38,39)35(40)50-34-29(49-33(44)25-19-11-4-12-20-25)28(48-32(43)24-17-9-3-10-18-24)27(47-31(42)23-15-7-2-8-16-23)26(46-34)21-45-30(41)22-13-5-1-6-14-22/h1-20,26-29,34,40H,21H2/t26-,27+,28-,29+,34?/m1/s1. The summed E-state index contributed by atoms with van der Waals surface area (Å²) in [4.78, 5) is 53.5. The highest BCUT2D eigenvalue weighted by Gasteiger charge is 2.55. The van der Waals surface area contributed by atoms with Crippen LogP contribution >= 0.6 is 34.8 Å². The average Bonchev–Trinajstić information content (AvgIpc) is 3.13. The van der Waals surface area contributed by atoms with Crippen molar-refractivity contribution >= 4 is 64.6 Å². The number of alkyl halides is 3. The Bertz CT molecular complexity index is 1790. The molecule has 4 aromatic carbocycles. The van der Waals surface area contributed by atoms with Crippen LogP contribution < -0.4 is 0 Å². The Morgan fingerprint density at radius 1 is 0.540 bits per heavy atom. The lowest BCUT2D eigenvalue weighted by molar-refractivity contribution is -0.279. The molecule has 0 amide bonds. The van der Waals surface area contributed by atoms with Gasteiger partial charge in [-0.2, -0.15) is 0 Å². The van der Waals surface area contributed by atoms with Gasteiger partial charge in [-0.3, -0.25) is 5.41 Å². The zero-order chi connectivity index (χ0) is 35.7. The number of hydrogen-bond acceptors (Lipinski definition) is 11. The SMILES string of the molecule is N=C(OC1O[C@H](COC(=O)c2ccccc2)[C@H](OC(=O)c2ccccc2)[C@@H](OC(=O)c2ccccc2)[C@@H]1OC(=O)c1ccccc1)C(Cl)(Cl)Cl. The number of benzene rings is 4. The van der Waals surface area contributed by atoms with Crippen molar-refractivity contribution in [1.29, 1.82) is 5.41 Å². The van der Waals surface area contributed by atoms with Gasteiger partial charge in [0.05, 0.1) is 22.3 Å². The largest absolute Gasteiger partial charge is 0.459 e. The highest BCUT2D eigenvalue weighted by molar-refractivity contribution is 6.76. The summed E-state index contributed by atoms with van der Waals surface area (Å²) in [6.07, 6.45) is -8.34. The number of hydrogen-bond donors (Lipinski definition) is 1. The van der Waals surface area contributed by atoms with E-state index in [4.69, 9.17) is 68.6 Å². The Balaban J connectivity index is 1.58. The summed E-state index contributed by atoms with van der Waals surface area (Å²) in [5.41, 5.74) is 0.509. The van der Waals surface area contributed by atoms with Crippen LogP contribution in [-0.4, -0.2) is 70.9 Å². The Hall–Kier alpha value is -4.94. The molecule has 0 aliphatic carbocycles. The minimum atomic E-state index is -2.40. The second-order valence-corrected chi connectivity index (χ2v) is 12.9. The Kier molecular flexibility index (Phi) is 12.1. The van der Waals surface area contributed by atoms with Crippen LogP contribution in [0.2, 0.25) is 0 Å². The number of esters is 4. The van der Waals surface area contributed by atoms with E-state index in [1.807, 2.05) is 0 Å². The average molecular weight is 741 g/mol. The zero-order valence-electron chi connectivity index (χ0n) is 25.9. The maximum atomic E-state index is 13.6. The van der Waals surface area contributed by atoms with E-state index < -0.39 is 70.9 Å². The van der Waals surface area contributed by atoms with Crippen LogP contribution in [0.1, 0.15) is 41.4 Å². The third kappa shape index (κ3) is 9.39. The number of nitrogens with one attached hydrogen (secondary N) is 1. The van der Waals surface area contributed by atoms with Crippen molar-refractivity contribution in [2.45, 2.75) is 34.5 Å². The number of ether oxygens (including phenoxy) is 6. The van der Waals surface area contributed by atoms with Crippen LogP contribution in [0.5, 0.6) is 0 Å². The fourth-order valence-electron chi connectivity index (χ4n) is 4.81. The zero-order valence-corrected chi connectivity index (χ0v) is 28.1. The minimum absolute atomic E-state index is 0.0904. The van der Waals surface area contributed by atoms with E-state index in [-0.39, 0.29) is 22.3 Å². The molecule has 0 bridgehead atoms. The topological polar surface area (TPSA) is 148 Å². The number of halogens is 3. The van der Waals surface area contributed by atoms with Gasteiger partial charge >= 0.3 is 23.9 Å². The number of carbonyl (C=O) groups is 4. The molecule has 1 unspecified atom stereocenters. The highest BCUT2D eigenvalue weighted by atomic mass is 35.6. The second kappa shape index (κ2) is 16.6. The monoisotopic (exact) mass is 739 g/mol. The van der Waals surface area contributed by atoms with Crippen molar-refractivity contribution in [2.24, 2.45) is 0 Å². The molecule has 11 nitrogen and oxygen atoms in total. The molecule has 1 heterocycles. The first-order chi connectivity index (χ1) is 24.0. The van der Waals surface area contributed by atoms with Gasteiger partial charge in [0.15, 0.2) is 12.2 Å². The molecule has 5 atom stereocenters. The van der Waals surface area contributed by atoms with Gasteiger partial charge in [-0.05, 0) is 48.5 Å². The summed E-state index contributed by atoms with van der Waals surface area (Å²) in [5.74, 6) is -4.41. The Morgan fingerprint density at radius 3 is 1.30 bits per heavy atom. The molecule has 1 N–H and O–H groups in total. The van der Waals surface area contributed by atoms with Gasteiger partial charge in [0, 0.05) is 0 Å². The highest BCUT2D eigenvalue weighted by Crippen LogP contribution is 2.35. The van der Waals surface area contributed by atoms with Crippen molar-refractivity contribution in [2.75, 3.05) is 6.61 Å². The first-order valence-electron chi connectivity index (χ1n) is 15.0. The van der Waals surface area contributed by atoms with Crippen LogP contribution in [0, 0.1) is 5.41 Å². The first kappa shape index (κ1) is 36.3. The van der Waals surface area contributed by atoms with E-state index in [1.165, 1.54) is 48.5 Å². The van der Waals surface area contributed by atoms with Crippen molar-refractivity contribution < 1.29 is 47.6 Å². The number of rotatable bonds is 10. The predicted octanol–water partition coefficient (Wildman–Crippen LogP) is 6.61. The van der Waals surface area contributed by atoms with Gasteiger partial charge in [0.25, 0.3) is 3.79 Å². The summed E-state index contributed by atoms with van der Waals surface area (Å²) < 4.78 is 32.5. The molecular weight excluding hydrogens is 713 g/mol. The molecule has 14 heteroatoms. The van der Waals surface area contributed by atoms with E-state index in [0.29, 0.717) is 0 Å². The van der Waals surface area contributed by atoms with E-state index in [0.717, 1.165) is 0 Å². The fourth-order valence-corrected chi connectivity index (χ4v) is 4.94. The third-order valence-electron chi connectivity index (χ3n) is 7.23. The van der Waals surface area contributed by atoms with Crippen LogP contribution in [0.4, 0.5) is 0 Å². The van der Waals surface area contributed by atoms with E-state index in [2.05, 4.69) is 0 Å². The molecule has 1 aliphatic rings. The molecule has 0 spiro atoms. The molecule has 0 saturated carbocycles. The summed E-state index contributed by atoms with van der Waals surface area (Å²) in [6.45, 7) is -0.597. The van der Waals surface area contributed by atoms with E-state index in [1.54, 1.807) is 72.8 Å². The molecule has 1 fully saturated rings. The van der Waals surface area contributed by atoms with Crippen LogP contribution in [0.3, 0.4) is 0 Å². The Morgan fingerprint density at radius 2 is 0.900 bits per heavy atom. The molecule has 258 valence electrons. The maximum Gasteiger partial charge on any atom is 0.338 e. The van der Waals surface area contributed by atoms with Gasteiger partial charge < -0.3 is 28.4 Å². The first-order valence-corrected chi connectivity index (χ1v) is 16.1. The van der Waals surface area contributed by atoms with Crippen LogP contribution in [-0.2, 0) is 28.4 Å². The molecule has 1 saturated heterocycles. The van der Waals surface area contributed by atoms with Crippen molar-refractivity contribution in [3.05, 3.63) is 144 Å². The lowest BCUT2D eigenvalue weighted by Crippen LogP contribution is -2.63. The van der Waals surface area contributed by atoms with Gasteiger partial charge in [-0.1, -0.05) is 108 Å². The van der Waals surface area contributed by atoms with Crippen molar-refractivity contribution in [3.63, 3.8) is 0 Å². The van der Waals surface area contributed by atoms with Crippen LogP contribution in [0.15, 0.2) is 121 Å². The Labute approximate surface area is 301 Å². The molecule has 0 aromatic heterocycles. The second-order valence-electron chi connectivity index (χ2n) is 10.7. The smallest absolute Gasteiger partial charge is 0.338 e. The summed E-state index contributed by atoms with van der Waals surface area (Å²) in [5, 5.41) is 8.26. The third-order valence-corrected chi connectivity index (χ3v) is 7.74. The van der Waals surface area contributed by atoms with Crippen molar-refractivity contribution in [1.82, 2.24) is 0 Å². The summed E-state index contributed by atoms with van der Waals surface area (Å²) in [6, 6.07) is 31.5. The van der Waals surface area contributed by atoms with Gasteiger partial charge in [0.1, 0.15) is 12.7 Å². The van der Waals surface area contributed by atoms with E-state index >= 15 is 0 Å². The molecule has 5 rings (SSSR count). The number of carbonyl (C=O) groups excluding carboxylic acids is 4. The molecule has 0 radical (unpaired) electrons. The maximum absolute atomic E-state index is 13.6. The molecular formula is C36H28Cl3NO10. The van der Waals surface area contributed by atoms with Crippen LogP contribution in [0.25, 0.3) is 0 Å². The van der Waals surface area contributed by atoms with Gasteiger partial charge in [0.2, 0.25) is 18.3 Å². The molecule has 1 aliphatic heterocycles. The summed E-state index contributed by atoms with van der Waals surface area (Å²) >= 11 is 17.8. The lowest BCUT2D eigenvalue weighted by atomic mass is 9.97. The normalized spacial score (nSPS) is 20.1. The fraction of sp³-hybridized carbons (Fsp3) is 0.194.